The van der Waals surface area contributed by atoms with E-state index in [1.165, 1.54) is 18.2 Å². The van der Waals surface area contributed by atoms with Crippen LogP contribution < -0.4 is 25.2 Å². The number of hydrogen-bond acceptors (Lipinski definition) is 9. The third-order valence-corrected chi connectivity index (χ3v) is 8.45. The number of hydrazine groups is 1. The molecular formula is C26H22Cl5N5O7S. The number of sulfonamides is 1. The Balaban J connectivity index is 1.85. The first-order valence-corrected chi connectivity index (χ1v) is 16.1. The number of anilines is 3. The molecule has 234 valence electrons. The number of nitrogens with zero attached hydrogens (tertiary/aromatic N) is 2. The van der Waals surface area contributed by atoms with E-state index in [1.807, 2.05) is 0 Å². The largest absolute Gasteiger partial charge is 0.506 e. The van der Waals surface area contributed by atoms with Crippen molar-refractivity contribution in [1.82, 2.24) is 5.43 Å². The molecule has 1 fully saturated rings. The van der Waals surface area contributed by atoms with Crippen molar-refractivity contribution in [3.63, 3.8) is 0 Å². The Morgan fingerprint density at radius 1 is 1.07 bits per heavy atom. The number of phenolic OH excluding ortho intramolecular Hbond substituents is 1. The fourth-order valence-corrected chi connectivity index (χ4v) is 5.80. The van der Waals surface area contributed by atoms with E-state index in [-0.39, 0.29) is 65.9 Å². The molecule has 1 unspecified atom stereocenters. The minimum absolute atomic E-state index is 0.0173. The molecule has 1 heterocycles. The molecule has 1 amide bonds. The molecule has 0 bridgehead atoms. The van der Waals surface area contributed by atoms with Gasteiger partial charge in [-0.1, -0.05) is 58.0 Å². The number of phenols is 1. The highest BCUT2D eigenvalue weighted by atomic mass is 35.5. The molecule has 1 aliphatic heterocycles. The van der Waals surface area contributed by atoms with Crippen LogP contribution in [0.3, 0.4) is 0 Å². The van der Waals surface area contributed by atoms with E-state index in [2.05, 4.69) is 20.5 Å². The monoisotopic (exact) mass is 723 g/mol. The maximum atomic E-state index is 13.9. The van der Waals surface area contributed by atoms with Gasteiger partial charge >= 0.3 is 5.97 Å². The molecule has 3 aromatic carbocycles. The average molecular weight is 726 g/mol. The molecule has 0 radical (unpaired) electrons. The fourth-order valence-electron chi connectivity index (χ4n) is 3.91. The Hall–Kier alpha value is -3.33. The van der Waals surface area contributed by atoms with Crippen molar-refractivity contribution in [3.05, 3.63) is 67.1 Å². The first-order chi connectivity index (χ1) is 20.7. The number of carbonyl (C=O) groups is 2. The van der Waals surface area contributed by atoms with E-state index in [0.717, 1.165) is 11.3 Å². The number of amidine groups is 1. The first-order valence-electron chi connectivity index (χ1n) is 12.3. The highest BCUT2D eigenvalue weighted by Gasteiger charge is 2.43. The number of aromatic hydroxyl groups is 1. The number of carbonyl (C=O) groups excluding carboxylic acids is 2. The van der Waals surface area contributed by atoms with Gasteiger partial charge in [0.25, 0.3) is 5.91 Å². The molecular weight excluding hydrogens is 704 g/mol. The molecule has 0 spiro atoms. The molecule has 44 heavy (non-hydrogen) atoms. The second kappa shape index (κ2) is 13.3. The predicted octanol–water partition coefficient (Wildman–Crippen LogP) is 6.28. The zero-order valence-corrected chi connectivity index (χ0v) is 27.4. The van der Waals surface area contributed by atoms with Gasteiger partial charge < -0.3 is 19.9 Å². The molecule has 3 aromatic rings. The Morgan fingerprint density at radius 3 is 2.32 bits per heavy atom. The minimum atomic E-state index is -3.78. The maximum Gasteiger partial charge on any atom is 0.341 e. The Labute approximate surface area is 276 Å². The van der Waals surface area contributed by atoms with Crippen molar-refractivity contribution in [2.24, 2.45) is 4.99 Å². The van der Waals surface area contributed by atoms with Crippen molar-refractivity contribution in [2.75, 3.05) is 35.0 Å². The summed E-state index contributed by atoms with van der Waals surface area (Å²) in [5, 5.41) is 12.9. The lowest BCUT2D eigenvalue weighted by Crippen LogP contribution is -2.37. The van der Waals surface area contributed by atoms with Crippen LogP contribution in [0, 0.1) is 0 Å². The third-order valence-electron chi connectivity index (χ3n) is 5.86. The lowest BCUT2D eigenvalue weighted by molar-refractivity contribution is -0.121. The summed E-state index contributed by atoms with van der Waals surface area (Å²) in [5.41, 5.74) is 2.95. The molecule has 4 N–H and O–H groups in total. The van der Waals surface area contributed by atoms with Gasteiger partial charge in [0, 0.05) is 18.8 Å². The average Bonchev–Trinajstić information content (AvgIpc) is 3.24. The zero-order valence-electron chi connectivity index (χ0n) is 22.8. The molecule has 1 atom stereocenters. The molecule has 0 aromatic heterocycles. The van der Waals surface area contributed by atoms with Gasteiger partial charge in [-0.25, -0.2) is 23.2 Å². The lowest BCUT2D eigenvalue weighted by atomic mass is 10.2. The number of halogens is 5. The maximum absolute atomic E-state index is 13.9. The number of benzene rings is 3. The number of esters is 1. The molecule has 4 rings (SSSR count). The number of nitrogens with one attached hydrogen (secondary N) is 3. The van der Waals surface area contributed by atoms with Crippen LogP contribution in [0.15, 0.2) is 41.4 Å². The van der Waals surface area contributed by atoms with Gasteiger partial charge in [-0.3, -0.25) is 14.9 Å². The summed E-state index contributed by atoms with van der Waals surface area (Å²) >= 11 is 32.2. The van der Waals surface area contributed by atoms with E-state index in [4.69, 9.17) is 67.5 Å². The van der Waals surface area contributed by atoms with Gasteiger partial charge in [0.05, 0.1) is 49.4 Å². The van der Waals surface area contributed by atoms with Gasteiger partial charge in [0.15, 0.2) is 5.84 Å². The summed E-state index contributed by atoms with van der Waals surface area (Å²) < 4.78 is 36.6. The number of aliphatic imine (C=N–C) groups is 1. The zero-order chi connectivity index (χ0) is 32.5. The van der Waals surface area contributed by atoms with Crippen LogP contribution in [0.1, 0.15) is 17.3 Å². The summed E-state index contributed by atoms with van der Waals surface area (Å²) in [4.78, 5) is 30.9. The number of amides is 1. The quantitative estimate of drug-likeness (QED) is 0.113. The van der Waals surface area contributed by atoms with Gasteiger partial charge in [0.2, 0.25) is 16.1 Å². The van der Waals surface area contributed by atoms with Crippen molar-refractivity contribution in [3.8, 4) is 11.5 Å². The molecule has 1 saturated heterocycles. The second-order valence-corrected chi connectivity index (χ2v) is 12.6. The van der Waals surface area contributed by atoms with Crippen molar-refractivity contribution in [2.45, 2.75) is 13.0 Å². The standard InChI is InChI=1S/C26H22Cl5N5O7S/c1-4-42-26(39)17-18(28)20(30)22(21(31)19(17)29)36-25(38)23(24(34-36)33-14-9-11(32-2)5-7-13(14)27)43-12-6-8-16(37)15(10-12)35-44(3,40)41/h5-10,23,32,35,37H,4H2,1-3H3,(H,33,34). The van der Waals surface area contributed by atoms with Gasteiger partial charge in [-0.15, -0.1) is 0 Å². The number of rotatable bonds is 9. The summed E-state index contributed by atoms with van der Waals surface area (Å²) in [6, 6.07) is 8.53. The van der Waals surface area contributed by atoms with Crippen LogP contribution in [0.4, 0.5) is 22.7 Å². The van der Waals surface area contributed by atoms with Crippen LogP contribution in [-0.4, -0.2) is 57.3 Å². The van der Waals surface area contributed by atoms with Crippen molar-refractivity contribution in [1.29, 1.82) is 0 Å². The Bertz CT molecular complexity index is 1780. The molecule has 18 heteroatoms. The van der Waals surface area contributed by atoms with Crippen molar-refractivity contribution >= 4 is 108 Å². The van der Waals surface area contributed by atoms with Gasteiger partial charge in [-0.05, 0) is 37.3 Å². The van der Waals surface area contributed by atoms with Crippen LogP contribution >= 0.6 is 58.0 Å². The molecule has 0 aliphatic carbocycles. The Kier molecular flexibility index (Phi) is 10.2. The predicted molar refractivity (Wildman–Crippen MR) is 172 cm³/mol. The topological polar surface area (TPSA) is 159 Å². The highest BCUT2D eigenvalue weighted by Crippen LogP contribution is 2.47. The third kappa shape index (κ3) is 6.98. The lowest BCUT2D eigenvalue weighted by Gasteiger charge is -2.21. The van der Waals surface area contributed by atoms with Gasteiger partial charge in [0.1, 0.15) is 22.7 Å². The smallest absolute Gasteiger partial charge is 0.341 e. The van der Waals surface area contributed by atoms with Crippen LogP contribution in [0.25, 0.3) is 0 Å². The normalized spacial score (nSPS) is 15.7. The fraction of sp³-hybridized carbons (Fsp3) is 0.192. The summed E-state index contributed by atoms with van der Waals surface area (Å²) in [6.45, 7) is 1.60. The molecule has 12 nitrogen and oxygen atoms in total. The van der Waals surface area contributed by atoms with Crippen LogP contribution in [0.5, 0.6) is 11.5 Å². The summed E-state index contributed by atoms with van der Waals surface area (Å²) in [5.74, 6) is -2.24. The van der Waals surface area contributed by atoms with E-state index in [9.17, 15) is 23.1 Å². The summed E-state index contributed by atoms with van der Waals surface area (Å²) in [7, 11) is -2.09. The highest BCUT2D eigenvalue weighted by molar-refractivity contribution is 7.92. The van der Waals surface area contributed by atoms with E-state index >= 15 is 0 Å². The number of ether oxygens (including phenoxy) is 2. The first kappa shape index (κ1) is 33.6. The SMILES string of the molecule is CCOC(=O)c1c(Cl)c(Cl)c(N2NC(=Nc3cc(NC)ccc3Cl)C(Oc3ccc(O)c(NS(C)(=O)=O)c3)C2=O)c(Cl)c1Cl. The summed E-state index contributed by atoms with van der Waals surface area (Å²) in [6.07, 6.45) is -0.637. The van der Waals surface area contributed by atoms with E-state index in [1.54, 1.807) is 32.2 Å². The van der Waals surface area contributed by atoms with Gasteiger partial charge in [-0.2, -0.15) is 0 Å². The van der Waals surface area contributed by atoms with Crippen LogP contribution in [0.2, 0.25) is 25.1 Å². The van der Waals surface area contributed by atoms with Crippen molar-refractivity contribution < 1.29 is 32.6 Å². The Morgan fingerprint density at radius 2 is 1.73 bits per heavy atom. The molecule has 1 aliphatic rings. The second-order valence-electron chi connectivity index (χ2n) is 8.95. The van der Waals surface area contributed by atoms with E-state index < -0.39 is 33.8 Å². The van der Waals surface area contributed by atoms with Crippen LogP contribution in [-0.2, 0) is 19.6 Å². The number of hydrogen-bond donors (Lipinski definition) is 4. The molecule has 0 saturated carbocycles. The minimum Gasteiger partial charge on any atom is -0.506 e. The van der Waals surface area contributed by atoms with E-state index in [0.29, 0.717) is 5.69 Å².